The topological polar surface area (TPSA) is 88.6 Å². The van der Waals surface area contributed by atoms with Gasteiger partial charge in [-0.25, -0.2) is 4.98 Å². The third-order valence-electron chi connectivity index (χ3n) is 3.16. The third kappa shape index (κ3) is 11.1. The van der Waals surface area contributed by atoms with E-state index < -0.39 is 22.2 Å². The lowest BCUT2D eigenvalue weighted by Crippen LogP contribution is -2.38. The van der Waals surface area contributed by atoms with Gasteiger partial charge in [-0.3, -0.25) is 0 Å². The van der Waals surface area contributed by atoms with Crippen LogP contribution in [-0.2, 0) is 17.6 Å². The van der Waals surface area contributed by atoms with Crippen molar-refractivity contribution in [3.8, 4) is 0 Å². The monoisotopic (exact) mass is 494 g/mol. The lowest BCUT2D eigenvalue weighted by molar-refractivity contribution is -0.113. The van der Waals surface area contributed by atoms with E-state index in [4.69, 9.17) is 45.3 Å². The first-order valence-corrected chi connectivity index (χ1v) is 10.4. The molecule has 10 heteroatoms. The number of alkyl halides is 3. The molecular weight excluding hydrogens is 475 g/mol. The molecular formula is C15H22BrCl3N2O3S. The Labute approximate surface area is 175 Å². The summed E-state index contributed by atoms with van der Waals surface area (Å²) in [6.07, 6.45) is 2.48. The van der Waals surface area contributed by atoms with Crippen molar-refractivity contribution in [3.05, 3.63) is 26.6 Å². The van der Waals surface area contributed by atoms with Crippen LogP contribution in [0.2, 0.25) is 0 Å². The zero-order valence-corrected chi connectivity index (χ0v) is 18.3. The molecule has 25 heavy (non-hydrogen) atoms. The van der Waals surface area contributed by atoms with Gasteiger partial charge in [-0.05, 0) is 36.7 Å². The Hall–Kier alpha value is 0.560. The molecule has 3 atom stereocenters. The quantitative estimate of drug-likeness (QED) is 0.340. The first-order chi connectivity index (χ1) is 11.6. The lowest BCUT2D eigenvalue weighted by Gasteiger charge is -2.21. The van der Waals surface area contributed by atoms with E-state index in [1.807, 2.05) is 12.3 Å². The number of aliphatic hydroxyl groups excluding tert-OH is 2. The molecule has 4 N–H and O–H groups in total. The molecule has 0 radical (unpaired) electrons. The van der Waals surface area contributed by atoms with Crippen LogP contribution in [0.3, 0.4) is 0 Å². The maximum absolute atomic E-state index is 9.87. The van der Waals surface area contributed by atoms with E-state index in [0.717, 1.165) is 28.0 Å². The van der Waals surface area contributed by atoms with Gasteiger partial charge in [0.1, 0.15) is 0 Å². The zero-order chi connectivity index (χ0) is 19.0. The second-order valence-electron chi connectivity index (χ2n) is 5.63. The lowest BCUT2D eigenvalue weighted by atomic mass is 10.1. The van der Waals surface area contributed by atoms with E-state index in [0.29, 0.717) is 12.8 Å². The smallest absolute Gasteiger partial charge is 0.213 e. The molecule has 0 fully saturated rings. The number of aliphatic hydroxyl groups is 2. The van der Waals surface area contributed by atoms with Crippen molar-refractivity contribution in [1.82, 2.24) is 4.98 Å². The van der Waals surface area contributed by atoms with E-state index in [2.05, 4.69) is 20.9 Å². The number of aromatic nitrogens is 1. The Morgan fingerprint density at radius 2 is 2.16 bits per heavy atom. The van der Waals surface area contributed by atoms with Crippen LogP contribution in [-0.4, -0.2) is 44.0 Å². The highest BCUT2D eigenvalue weighted by molar-refractivity contribution is 9.11. The highest BCUT2D eigenvalue weighted by Gasteiger charge is 2.24. The summed E-state index contributed by atoms with van der Waals surface area (Å²) < 4.78 is 4.35. The summed E-state index contributed by atoms with van der Waals surface area (Å²) in [6.45, 7) is 1.64. The summed E-state index contributed by atoms with van der Waals surface area (Å²) in [5.74, 6) is 0. The molecule has 0 aliphatic heterocycles. The van der Waals surface area contributed by atoms with Gasteiger partial charge < -0.3 is 20.7 Å². The molecule has 0 saturated carbocycles. The molecule has 0 saturated heterocycles. The van der Waals surface area contributed by atoms with Gasteiger partial charge in [-0.1, -0.05) is 50.7 Å². The highest BCUT2D eigenvalue weighted by atomic mass is 79.9. The minimum absolute atomic E-state index is 0.230. The number of rotatable bonds is 10. The summed E-state index contributed by atoms with van der Waals surface area (Å²) in [5.41, 5.74) is 6.80. The average molecular weight is 497 g/mol. The number of ether oxygens (including phenoxy) is 1. The van der Waals surface area contributed by atoms with E-state index in [-0.39, 0.29) is 6.61 Å². The molecule has 144 valence electrons. The fourth-order valence-corrected chi connectivity index (χ4v) is 3.40. The summed E-state index contributed by atoms with van der Waals surface area (Å²) in [7, 11) is 0. The van der Waals surface area contributed by atoms with Crippen LogP contribution in [0.5, 0.6) is 0 Å². The number of thiazole rings is 1. The second-order valence-corrected chi connectivity index (χ2v) is 10.3. The molecule has 0 amide bonds. The number of allylic oxidation sites excluding steroid dienone is 1. The van der Waals surface area contributed by atoms with Crippen LogP contribution < -0.4 is 5.73 Å². The standard InChI is InChI=1S/C15H22BrCl3N2O3S/c1-9(16)5-11(22)6-13-21-10(7-25-13)3-2-4-12(20)14(23)24-8-15(17,18)19/h5,7,11-12,14,22-23H,2-4,6,8,20H2,1H3/b9-5+/t11-,12-,14?/m0/s1. The van der Waals surface area contributed by atoms with Gasteiger partial charge in [0, 0.05) is 11.8 Å². The van der Waals surface area contributed by atoms with Gasteiger partial charge in [0.25, 0.3) is 0 Å². The number of nitrogens with two attached hydrogens (primary N) is 1. The number of aryl methyl sites for hydroxylation is 1. The predicted molar refractivity (Wildman–Crippen MR) is 108 cm³/mol. The Kier molecular flexibility index (Phi) is 10.8. The van der Waals surface area contributed by atoms with E-state index in [9.17, 15) is 10.2 Å². The van der Waals surface area contributed by atoms with Gasteiger partial charge in [-0.15, -0.1) is 11.3 Å². The van der Waals surface area contributed by atoms with Crippen LogP contribution in [0.4, 0.5) is 0 Å². The predicted octanol–water partition coefficient (Wildman–Crippen LogP) is 3.70. The van der Waals surface area contributed by atoms with Crippen molar-refractivity contribution < 1.29 is 14.9 Å². The maximum Gasteiger partial charge on any atom is 0.213 e. The molecule has 1 rings (SSSR count). The van der Waals surface area contributed by atoms with Crippen molar-refractivity contribution in [3.63, 3.8) is 0 Å². The fraction of sp³-hybridized carbons (Fsp3) is 0.667. The Balaban J connectivity index is 2.33. The number of halogens is 4. The van der Waals surface area contributed by atoms with Crippen molar-refractivity contribution in [2.75, 3.05) is 6.61 Å². The minimum atomic E-state index is -1.58. The minimum Gasteiger partial charge on any atom is -0.389 e. The second kappa shape index (κ2) is 11.4. The molecule has 0 bridgehead atoms. The fourth-order valence-electron chi connectivity index (χ4n) is 2.03. The highest BCUT2D eigenvalue weighted by Crippen LogP contribution is 2.26. The molecule has 1 heterocycles. The molecule has 0 aliphatic rings. The number of nitrogens with zero attached hydrogens (tertiary/aromatic N) is 1. The van der Waals surface area contributed by atoms with Crippen LogP contribution in [0.25, 0.3) is 0 Å². The van der Waals surface area contributed by atoms with Crippen LogP contribution in [0, 0.1) is 0 Å². The van der Waals surface area contributed by atoms with E-state index >= 15 is 0 Å². The number of hydrogen-bond acceptors (Lipinski definition) is 6. The summed E-state index contributed by atoms with van der Waals surface area (Å²) in [5, 5.41) is 22.5. The molecule has 0 aromatic carbocycles. The van der Waals surface area contributed by atoms with Crippen LogP contribution >= 0.6 is 62.1 Å². The Morgan fingerprint density at radius 1 is 1.48 bits per heavy atom. The number of hydrogen-bond donors (Lipinski definition) is 3. The molecule has 1 aromatic rings. The first-order valence-electron chi connectivity index (χ1n) is 7.64. The normalized spacial score (nSPS) is 16.7. The van der Waals surface area contributed by atoms with Gasteiger partial charge in [0.2, 0.25) is 3.79 Å². The molecule has 0 spiro atoms. The Morgan fingerprint density at radius 3 is 2.76 bits per heavy atom. The average Bonchev–Trinajstić information content (AvgIpc) is 2.90. The molecule has 5 nitrogen and oxygen atoms in total. The van der Waals surface area contributed by atoms with Gasteiger partial charge in [0.15, 0.2) is 6.29 Å². The molecule has 0 aliphatic carbocycles. The van der Waals surface area contributed by atoms with Crippen LogP contribution in [0.15, 0.2) is 15.9 Å². The SMILES string of the molecule is C/C(Br)=C\[C@H](O)Cc1nc(CCC[C@H](N)C(O)OCC(Cl)(Cl)Cl)cs1. The van der Waals surface area contributed by atoms with Crippen LogP contribution in [0.1, 0.15) is 30.5 Å². The van der Waals surface area contributed by atoms with Crippen molar-refractivity contribution in [2.24, 2.45) is 5.73 Å². The maximum atomic E-state index is 9.87. The van der Waals surface area contributed by atoms with E-state index in [1.54, 1.807) is 6.08 Å². The zero-order valence-electron chi connectivity index (χ0n) is 13.7. The molecule has 1 unspecified atom stereocenters. The van der Waals surface area contributed by atoms with Gasteiger partial charge in [-0.2, -0.15) is 0 Å². The van der Waals surface area contributed by atoms with Crippen molar-refractivity contribution >= 4 is 62.1 Å². The van der Waals surface area contributed by atoms with Crippen molar-refractivity contribution in [1.29, 1.82) is 0 Å². The Bertz CT molecular complexity index is 550. The summed E-state index contributed by atoms with van der Waals surface area (Å²) in [4.78, 5) is 4.49. The van der Waals surface area contributed by atoms with Gasteiger partial charge >= 0.3 is 0 Å². The summed E-state index contributed by atoms with van der Waals surface area (Å²) >= 11 is 21.5. The molecule has 1 aromatic heterocycles. The first kappa shape index (κ1) is 23.6. The largest absolute Gasteiger partial charge is 0.389 e. The van der Waals surface area contributed by atoms with E-state index in [1.165, 1.54) is 11.3 Å². The van der Waals surface area contributed by atoms with Crippen molar-refractivity contribution in [2.45, 2.75) is 54.8 Å². The summed E-state index contributed by atoms with van der Waals surface area (Å²) in [6, 6.07) is -0.570. The third-order valence-corrected chi connectivity index (χ3v) is 4.67. The van der Waals surface area contributed by atoms with Gasteiger partial charge in [0.05, 0.1) is 29.5 Å².